The maximum atomic E-state index is 13.0. The van der Waals surface area contributed by atoms with Crippen LogP contribution in [0.25, 0.3) is 0 Å². The lowest BCUT2D eigenvalue weighted by Crippen LogP contribution is -2.45. The second-order valence-electron chi connectivity index (χ2n) is 5.49. The van der Waals surface area contributed by atoms with Crippen LogP contribution < -0.4 is 4.90 Å². The van der Waals surface area contributed by atoms with Gasteiger partial charge < -0.3 is 4.90 Å². The molecule has 0 unspecified atom stereocenters. The number of anilines is 2. The molecule has 2 amide bonds. The number of hydrogen-bond acceptors (Lipinski definition) is 2. The Hall–Kier alpha value is -2.14. The van der Waals surface area contributed by atoms with Gasteiger partial charge in [-0.3, -0.25) is 9.11 Å². The third-order valence-corrected chi connectivity index (χ3v) is 4.61. The monoisotopic (exact) mass is 330 g/mol. The van der Waals surface area contributed by atoms with E-state index in [4.69, 9.17) is 0 Å². The minimum absolute atomic E-state index is 0.108. The third kappa shape index (κ3) is 4.42. The van der Waals surface area contributed by atoms with Crippen molar-refractivity contribution in [3.05, 3.63) is 60.7 Å². The quantitative estimate of drug-likeness (QED) is 0.840. The first-order valence-electron chi connectivity index (χ1n) is 7.47. The van der Waals surface area contributed by atoms with E-state index in [1.54, 1.807) is 23.1 Å². The maximum absolute atomic E-state index is 13.0. The second-order valence-corrected chi connectivity index (χ2v) is 6.97. The van der Waals surface area contributed by atoms with Crippen molar-refractivity contribution in [3.8, 4) is 0 Å². The highest BCUT2D eigenvalue weighted by Crippen LogP contribution is 2.26. The Kier molecular flexibility index (Phi) is 5.93. The van der Waals surface area contributed by atoms with Crippen molar-refractivity contribution in [1.82, 2.24) is 4.90 Å². The zero-order valence-electron chi connectivity index (χ0n) is 13.7. The van der Waals surface area contributed by atoms with Crippen LogP contribution in [0.15, 0.2) is 60.7 Å². The molecule has 0 spiro atoms. The van der Waals surface area contributed by atoms with Gasteiger partial charge in [0, 0.05) is 35.9 Å². The molecule has 2 atom stereocenters. The van der Waals surface area contributed by atoms with Gasteiger partial charge in [0.05, 0.1) is 11.4 Å². The number of carbonyl (C=O) groups excluding carboxylic acids is 1. The average molecular weight is 330 g/mol. The fraction of sp³-hybridized carbons (Fsp3) is 0.278. The highest BCUT2D eigenvalue weighted by molar-refractivity contribution is 7.84. The van der Waals surface area contributed by atoms with Crippen molar-refractivity contribution in [1.29, 1.82) is 0 Å². The van der Waals surface area contributed by atoms with E-state index in [1.807, 2.05) is 67.6 Å². The lowest BCUT2D eigenvalue weighted by Gasteiger charge is -2.31. The molecular weight excluding hydrogens is 308 g/mol. The van der Waals surface area contributed by atoms with Crippen LogP contribution in [0.5, 0.6) is 0 Å². The van der Waals surface area contributed by atoms with Gasteiger partial charge in [-0.1, -0.05) is 36.4 Å². The van der Waals surface area contributed by atoms with Gasteiger partial charge >= 0.3 is 6.03 Å². The molecule has 122 valence electrons. The molecule has 0 aliphatic heterocycles. The van der Waals surface area contributed by atoms with Crippen LogP contribution in [0.2, 0.25) is 0 Å². The molecule has 5 heteroatoms. The van der Waals surface area contributed by atoms with Gasteiger partial charge in [-0.2, -0.15) is 0 Å². The molecule has 0 N–H and O–H groups in total. The summed E-state index contributed by atoms with van der Waals surface area (Å²) >= 11 is 0. The molecule has 2 aromatic rings. The van der Waals surface area contributed by atoms with E-state index in [-0.39, 0.29) is 12.1 Å². The number of para-hydroxylation sites is 2. The number of nitrogens with zero attached hydrogens (tertiary/aromatic N) is 2. The van der Waals surface area contributed by atoms with Crippen LogP contribution in [0.3, 0.4) is 0 Å². The fourth-order valence-corrected chi connectivity index (χ4v) is 3.22. The molecular formula is C18H22N2O2S. The predicted molar refractivity (Wildman–Crippen MR) is 96.6 cm³/mol. The van der Waals surface area contributed by atoms with E-state index in [2.05, 4.69) is 0 Å². The van der Waals surface area contributed by atoms with Gasteiger partial charge in [0.25, 0.3) is 0 Å². The lowest BCUT2D eigenvalue weighted by atomic mass is 10.2. The van der Waals surface area contributed by atoms with Gasteiger partial charge in [-0.15, -0.1) is 0 Å². The van der Waals surface area contributed by atoms with Crippen LogP contribution in [0.4, 0.5) is 16.2 Å². The van der Waals surface area contributed by atoms with E-state index in [9.17, 15) is 9.00 Å². The highest BCUT2D eigenvalue weighted by atomic mass is 32.2. The third-order valence-electron chi connectivity index (χ3n) is 3.66. The summed E-state index contributed by atoms with van der Waals surface area (Å²) in [6.07, 6.45) is 1.65. The Morgan fingerprint density at radius 3 is 1.83 bits per heavy atom. The van der Waals surface area contributed by atoms with E-state index in [1.165, 1.54) is 0 Å². The average Bonchev–Trinajstić information content (AvgIpc) is 2.55. The standard InChI is InChI=1S/C18H22N2O2S/c1-15(14-23(3)22)19(2)18(21)20(16-10-6-4-7-11-16)17-12-8-5-9-13-17/h4-13,15H,14H2,1-3H3/t15-,23-/m1/s1. The molecule has 0 aliphatic rings. The number of amides is 2. The lowest BCUT2D eigenvalue weighted by molar-refractivity contribution is 0.207. The predicted octanol–water partition coefficient (Wildman–Crippen LogP) is 3.64. The number of hydrogen-bond donors (Lipinski definition) is 0. The molecule has 0 heterocycles. The summed E-state index contributed by atoms with van der Waals surface area (Å²) in [6.45, 7) is 1.91. The van der Waals surface area contributed by atoms with Crippen LogP contribution in [-0.4, -0.2) is 40.2 Å². The zero-order valence-corrected chi connectivity index (χ0v) is 14.5. The molecule has 0 radical (unpaired) electrons. The second kappa shape index (κ2) is 7.92. The first-order chi connectivity index (χ1) is 11.0. The summed E-state index contributed by atoms with van der Waals surface area (Å²) in [5.74, 6) is 0.458. The maximum Gasteiger partial charge on any atom is 0.329 e. The number of urea groups is 1. The molecule has 23 heavy (non-hydrogen) atoms. The van der Waals surface area contributed by atoms with E-state index >= 15 is 0 Å². The summed E-state index contributed by atoms with van der Waals surface area (Å²) in [6, 6.07) is 18.8. The molecule has 0 aromatic heterocycles. The Balaban J connectivity index is 2.34. The van der Waals surface area contributed by atoms with Crippen molar-refractivity contribution in [2.45, 2.75) is 13.0 Å². The van der Waals surface area contributed by atoms with Crippen LogP contribution in [-0.2, 0) is 10.8 Å². The molecule has 4 nitrogen and oxygen atoms in total. The van der Waals surface area contributed by atoms with Gasteiger partial charge in [-0.25, -0.2) is 4.79 Å². The summed E-state index contributed by atoms with van der Waals surface area (Å²) in [7, 11) is 0.801. The van der Waals surface area contributed by atoms with Crippen molar-refractivity contribution in [2.24, 2.45) is 0 Å². The van der Waals surface area contributed by atoms with E-state index < -0.39 is 10.8 Å². The molecule has 0 fully saturated rings. The normalized spacial score (nSPS) is 13.2. The van der Waals surface area contributed by atoms with Crippen molar-refractivity contribution < 1.29 is 9.00 Å². The largest absolute Gasteiger partial charge is 0.329 e. The Bertz CT molecular complexity index is 622. The topological polar surface area (TPSA) is 40.6 Å². The summed E-state index contributed by atoms with van der Waals surface area (Å²) < 4.78 is 11.5. The molecule has 0 aliphatic carbocycles. The Labute approximate surface area is 140 Å². The summed E-state index contributed by atoms with van der Waals surface area (Å²) in [5.41, 5.74) is 1.61. The smallest absolute Gasteiger partial charge is 0.323 e. The van der Waals surface area contributed by atoms with Crippen molar-refractivity contribution in [2.75, 3.05) is 24.0 Å². The molecule has 2 rings (SSSR count). The Morgan fingerprint density at radius 2 is 1.43 bits per heavy atom. The van der Waals surface area contributed by atoms with Crippen molar-refractivity contribution in [3.63, 3.8) is 0 Å². The van der Waals surface area contributed by atoms with Gasteiger partial charge in [0.15, 0.2) is 0 Å². The van der Waals surface area contributed by atoms with Gasteiger partial charge in [0.1, 0.15) is 0 Å². The number of carbonyl (C=O) groups is 1. The van der Waals surface area contributed by atoms with Crippen LogP contribution >= 0.6 is 0 Å². The number of rotatable bonds is 5. The van der Waals surface area contributed by atoms with Gasteiger partial charge in [-0.05, 0) is 31.2 Å². The molecule has 0 saturated heterocycles. The first-order valence-corrected chi connectivity index (χ1v) is 9.20. The van der Waals surface area contributed by atoms with E-state index in [0.29, 0.717) is 5.75 Å². The minimum atomic E-state index is -0.947. The van der Waals surface area contributed by atoms with Crippen LogP contribution in [0.1, 0.15) is 6.92 Å². The SMILES string of the molecule is C[C@H](C[S@@](C)=O)N(C)C(=O)N(c1ccccc1)c1ccccc1. The minimum Gasteiger partial charge on any atom is -0.323 e. The van der Waals surface area contributed by atoms with Crippen LogP contribution in [0, 0.1) is 0 Å². The molecule has 0 bridgehead atoms. The van der Waals surface area contributed by atoms with E-state index in [0.717, 1.165) is 11.4 Å². The summed E-state index contributed by atoms with van der Waals surface area (Å²) in [5, 5.41) is 0. The highest BCUT2D eigenvalue weighted by Gasteiger charge is 2.25. The zero-order chi connectivity index (χ0) is 16.8. The summed E-state index contributed by atoms with van der Waals surface area (Å²) in [4.78, 5) is 16.3. The first kappa shape index (κ1) is 17.2. The molecule has 2 aromatic carbocycles. The molecule has 0 saturated carbocycles. The fourth-order valence-electron chi connectivity index (χ4n) is 2.32. The van der Waals surface area contributed by atoms with Crippen molar-refractivity contribution >= 4 is 28.2 Å². The number of benzene rings is 2. The van der Waals surface area contributed by atoms with Gasteiger partial charge in [0.2, 0.25) is 0 Å². The Morgan fingerprint density at radius 1 is 1.00 bits per heavy atom.